The second-order valence-electron chi connectivity index (χ2n) is 17.4. The second-order valence-corrected chi connectivity index (χ2v) is 22.4. The van der Waals surface area contributed by atoms with E-state index in [0.717, 1.165) is 68.6 Å². The first-order chi connectivity index (χ1) is 24.0. The molecular formula is C45H52IrN4OSi-2. The first-order valence-electron chi connectivity index (χ1n) is 18.2. The predicted molar refractivity (Wildman–Crippen MR) is 217 cm³/mol. The molecule has 0 spiro atoms. The van der Waals surface area contributed by atoms with E-state index < -0.39 is 8.07 Å². The summed E-state index contributed by atoms with van der Waals surface area (Å²) in [5, 5.41) is 3.57. The second kappa shape index (κ2) is 15.2. The number of benzene rings is 3. The number of pyridine rings is 2. The number of rotatable bonds is 6. The Morgan fingerprint density at radius 2 is 1.56 bits per heavy atom. The molecule has 3 aromatic carbocycles. The fourth-order valence-corrected chi connectivity index (χ4v) is 8.37. The van der Waals surface area contributed by atoms with Crippen LogP contribution in [-0.2, 0) is 38.5 Å². The molecule has 273 valence electrons. The van der Waals surface area contributed by atoms with Gasteiger partial charge in [0.05, 0.1) is 30.5 Å². The molecule has 0 saturated carbocycles. The summed E-state index contributed by atoms with van der Waals surface area (Å²) in [6.45, 7) is 25.0. The van der Waals surface area contributed by atoms with Gasteiger partial charge in [-0.15, -0.1) is 59.7 Å². The molecule has 1 radical (unpaired) electrons. The Hall–Kier alpha value is -3.90. The van der Waals surface area contributed by atoms with Crippen LogP contribution in [-0.4, -0.2) is 27.6 Å². The number of fused-ring (bicyclic) bond motifs is 4. The van der Waals surface area contributed by atoms with E-state index >= 15 is 0 Å². The zero-order valence-corrected chi connectivity index (χ0v) is 36.0. The minimum atomic E-state index is -1.34. The summed E-state index contributed by atoms with van der Waals surface area (Å²) in [6.07, 6.45) is 4.15. The van der Waals surface area contributed by atoms with Gasteiger partial charge in [-0.05, 0) is 80.1 Å². The molecule has 52 heavy (non-hydrogen) atoms. The number of aromatic nitrogens is 4. The zero-order valence-electron chi connectivity index (χ0n) is 32.6. The quantitative estimate of drug-likeness (QED) is 0.123. The summed E-state index contributed by atoms with van der Waals surface area (Å²) in [5.74, 6) is 1.59. The summed E-state index contributed by atoms with van der Waals surface area (Å²) in [4.78, 5) is 14.4. The average molecular weight is 885 g/mol. The van der Waals surface area contributed by atoms with E-state index in [9.17, 15) is 0 Å². The van der Waals surface area contributed by atoms with Crippen LogP contribution in [0.2, 0.25) is 19.6 Å². The van der Waals surface area contributed by atoms with Crippen molar-refractivity contribution in [1.29, 1.82) is 0 Å². The molecule has 0 amide bonds. The van der Waals surface area contributed by atoms with Crippen molar-refractivity contribution >= 4 is 46.4 Å². The molecule has 4 aromatic heterocycles. The first-order valence-corrected chi connectivity index (χ1v) is 21.7. The van der Waals surface area contributed by atoms with Crippen molar-refractivity contribution in [2.24, 2.45) is 11.3 Å². The molecule has 4 heterocycles. The number of hydrogen-bond donors (Lipinski definition) is 0. The van der Waals surface area contributed by atoms with E-state index in [1.165, 1.54) is 10.8 Å². The van der Waals surface area contributed by atoms with Crippen LogP contribution in [0.5, 0.6) is 0 Å². The van der Waals surface area contributed by atoms with E-state index in [-0.39, 0.29) is 31.1 Å². The van der Waals surface area contributed by atoms with Crippen LogP contribution in [0.3, 0.4) is 0 Å². The minimum Gasteiger partial charge on any atom is -0.486 e. The Morgan fingerprint density at radius 3 is 2.21 bits per heavy atom. The van der Waals surface area contributed by atoms with E-state index in [2.05, 4.69) is 151 Å². The van der Waals surface area contributed by atoms with Crippen molar-refractivity contribution in [1.82, 2.24) is 19.5 Å². The number of hydrogen-bond acceptors (Lipinski definition) is 4. The molecule has 0 fully saturated rings. The van der Waals surface area contributed by atoms with Crippen molar-refractivity contribution in [3.63, 3.8) is 0 Å². The molecule has 0 N–H and O–H groups in total. The third-order valence-electron chi connectivity index (χ3n) is 8.92. The molecule has 0 bridgehead atoms. The zero-order chi connectivity index (χ0) is 36.7. The molecule has 0 aliphatic rings. The minimum absolute atomic E-state index is 0. The number of para-hydroxylation sites is 2. The van der Waals surface area contributed by atoms with Crippen LogP contribution in [0, 0.1) is 23.5 Å². The SMILES string of the molecule is CC(C)(C)Cc1ccc2c(n1)oc1c[c-]c(-c3nc4ccccc4n3C(C)(C)C)cc12.CC(C)Cc1cc(-c2[c-]cccc2)ncc1[Si](C)(C)C.[Ir]. The molecule has 7 rings (SSSR count). The van der Waals surface area contributed by atoms with E-state index in [1.54, 1.807) is 0 Å². The first kappa shape index (κ1) is 39.3. The summed E-state index contributed by atoms with van der Waals surface area (Å²) in [5.41, 5.74) is 9.29. The van der Waals surface area contributed by atoms with Gasteiger partial charge in [0.2, 0.25) is 5.71 Å². The van der Waals surface area contributed by atoms with Gasteiger partial charge in [0.15, 0.2) is 0 Å². The fraction of sp³-hybridized carbons (Fsp3) is 0.356. The van der Waals surface area contributed by atoms with Gasteiger partial charge in [0.1, 0.15) is 0 Å². The van der Waals surface area contributed by atoms with E-state index in [1.807, 2.05) is 30.3 Å². The molecule has 0 aliphatic carbocycles. The van der Waals surface area contributed by atoms with Crippen molar-refractivity contribution in [2.75, 3.05) is 0 Å². The summed E-state index contributed by atoms with van der Waals surface area (Å²) >= 11 is 0. The smallest absolute Gasteiger partial charge is 0.216 e. The Labute approximate surface area is 324 Å². The van der Waals surface area contributed by atoms with Crippen molar-refractivity contribution in [2.45, 2.75) is 93.4 Å². The molecule has 7 heteroatoms. The Kier molecular flexibility index (Phi) is 11.5. The topological polar surface area (TPSA) is 56.7 Å². The monoisotopic (exact) mass is 885 g/mol. The standard InChI is InChI=1S/C27H28N3O.C18H24NSi.Ir/c1-26(2,3)16-18-12-13-19-20-15-17(11-14-23(20)31-25(19)28-18)24-29-21-9-7-8-10-22(21)30(24)27(4,5)6;1-14(2)11-16-12-17(15-9-7-6-8-10-15)19-13-18(16)20(3,4)5;/h7-10,12-15H,16H2,1-6H3;6-9,12-14H,11H2,1-5H3;/q2*-1;. The number of nitrogens with zero attached hydrogens (tertiary/aromatic N) is 4. The van der Waals surface area contributed by atoms with Crippen molar-refractivity contribution in [3.8, 4) is 22.6 Å². The third kappa shape index (κ3) is 8.82. The van der Waals surface area contributed by atoms with Gasteiger partial charge in [0, 0.05) is 42.9 Å². The van der Waals surface area contributed by atoms with Crippen molar-refractivity contribution < 1.29 is 24.5 Å². The Bertz CT molecular complexity index is 2300. The molecule has 0 atom stereocenters. The van der Waals surface area contributed by atoms with Crippen LogP contribution in [0.1, 0.15) is 66.6 Å². The maximum absolute atomic E-state index is 6.09. The third-order valence-corrected chi connectivity index (χ3v) is 11.0. The average Bonchev–Trinajstić information content (AvgIpc) is 3.62. The Morgan fingerprint density at radius 1 is 0.827 bits per heavy atom. The van der Waals surface area contributed by atoms with E-state index in [0.29, 0.717) is 11.6 Å². The summed E-state index contributed by atoms with van der Waals surface area (Å²) in [7, 11) is -1.34. The van der Waals surface area contributed by atoms with Gasteiger partial charge in [-0.2, -0.15) is 0 Å². The van der Waals surface area contributed by atoms with E-state index in [4.69, 9.17) is 14.4 Å². The fourth-order valence-electron chi connectivity index (χ4n) is 6.78. The maximum Gasteiger partial charge on any atom is 0.216 e. The normalized spacial score (nSPS) is 12.3. The van der Waals surface area contributed by atoms with Crippen LogP contribution in [0.15, 0.2) is 89.5 Å². The molecule has 0 saturated heterocycles. The molecule has 5 nitrogen and oxygen atoms in total. The molecular weight excluding hydrogens is 833 g/mol. The largest absolute Gasteiger partial charge is 0.486 e. The predicted octanol–water partition coefficient (Wildman–Crippen LogP) is 11.4. The van der Waals surface area contributed by atoms with Crippen LogP contribution in [0.4, 0.5) is 0 Å². The van der Waals surface area contributed by atoms with Gasteiger partial charge >= 0.3 is 0 Å². The summed E-state index contributed by atoms with van der Waals surface area (Å²) in [6, 6.07) is 33.6. The van der Waals surface area contributed by atoms with Gasteiger partial charge in [0.25, 0.3) is 0 Å². The molecule has 0 aliphatic heterocycles. The van der Waals surface area contributed by atoms with Crippen LogP contribution >= 0.6 is 0 Å². The van der Waals surface area contributed by atoms with Gasteiger partial charge < -0.3 is 14.0 Å². The number of furan rings is 1. The van der Waals surface area contributed by atoms with Crippen LogP contribution < -0.4 is 5.19 Å². The van der Waals surface area contributed by atoms with Gasteiger partial charge in [-0.25, -0.2) is 4.98 Å². The van der Waals surface area contributed by atoms with Gasteiger partial charge in [-0.1, -0.05) is 83.4 Å². The Balaban J connectivity index is 0.000000217. The molecule has 7 aromatic rings. The van der Waals surface area contributed by atoms with Crippen LogP contribution in [0.25, 0.3) is 55.7 Å². The maximum atomic E-state index is 6.09. The van der Waals surface area contributed by atoms with Gasteiger partial charge in [-0.3, -0.25) is 4.98 Å². The number of imidazole rings is 1. The summed E-state index contributed by atoms with van der Waals surface area (Å²) < 4.78 is 8.38. The van der Waals surface area contributed by atoms with Crippen molar-refractivity contribution in [3.05, 3.63) is 108 Å². The molecule has 0 unspecified atom stereocenters.